The minimum Gasteiger partial charge on any atom is -0.550 e. The minimum atomic E-state index is -4.67. The van der Waals surface area contributed by atoms with E-state index in [1.807, 2.05) is 0 Å². The van der Waals surface area contributed by atoms with Gasteiger partial charge in [0.25, 0.3) is 0 Å². The van der Waals surface area contributed by atoms with Crippen molar-refractivity contribution in [1.29, 1.82) is 0 Å². The Morgan fingerprint density at radius 2 is 1.35 bits per heavy atom. The summed E-state index contributed by atoms with van der Waals surface area (Å²) in [5.74, 6) is -5.34. The van der Waals surface area contributed by atoms with E-state index >= 15 is 0 Å². The molecule has 0 amide bonds. The van der Waals surface area contributed by atoms with Crippen LogP contribution in [0.4, 0.5) is 0 Å². The van der Waals surface area contributed by atoms with Crippen molar-refractivity contribution in [2.75, 3.05) is 0 Å². The zero-order chi connectivity index (χ0) is 15.1. The van der Waals surface area contributed by atoms with Gasteiger partial charge in [-0.05, 0) is 0 Å². The van der Waals surface area contributed by atoms with Crippen molar-refractivity contribution in [3.8, 4) is 0 Å². The molecule has 0 aliphatic rings. The topological polar surface area (TPSA) is 241 Å². The standard InChI is InChI=1S/C6H8O7.Na.H2O4S.H2O/c7-3(8)1-6(13,5(11)12)2-4(9)10;;1-5(2,3)4;/h13H,1-2H2,(H,7,8)(H,9,10)(H,11,12);;(H2,1,2,3,4);1H2/q;+1;;/p-1. The molecule has 0 radical (unpaired) electrons. The SMILES string of the molecule is O.O=C([O-])CC(O)(CC(=O)O)C(=O)O.O=S(=O)(O)O.[Na+]. The predicted molar refractivity (Wildman–Crippen MR) is 52.3 cm³/mol. The van der Waals surface area contributed by atoms with Gasteiger partial charge in [0.05, 0.1) is 6.42 Å². The normalized spacial score (nSPS) is 12.3. The molecule has 0 aliphatic carbocycles. The number of hydrogen-bond donors (Lipinski definition) is 5. The Hall–Kier alpha value is -0.800. The second-order valence-electron chi connectivity index (χ2n) is 2.90. The maximum absolute atomic E-state index is 10.3. The van der Waals surface area contributed by atoms with Crippen LogP contribution in [0.2, 0.25) is 0 Å². The van der Waals surface area contributed by atoms with E-state index in [1.165, 1.54) is 0 Å². The number of carbonyl (C=O) groups is 3. The van der Waals surface area contributed by atoms with Crippen LogP contribution in [0.3, 0.4) is 0 Å². The van der Waals surface area contributed by atoms with Crippen LogP contribution in [-0.4, -0.2) is 61.8 Å². The summed E-state index contributed by atoms with van der Waals surface area (Å²) < 4.78 is 31.6. The molecular weight excluding hydrogens is 319 g/mol. The van der Waals surface area contributed by atoms with Crippen LogP contribution in [0.5, 0.6) is 0 Å². The first-order chi connectivity index (χ1) is 7.78. The average molecular weight is 330 g/mol. The van der Waals surface area contributed by atoms with Gasteiger partial charge in [-0.25, -0.2) is 4.79 Å². The molecular formula is C6H11NaO12S. The van der Waals surface area contributed by atoms with Crippen LogP contribution in [0.1, 0.15) is 12.8 Å². The molecule has 0 aliphatic heterocycles. The van der Waals surface area contributed by atoms with Crippen LogP contribution in [0, 0.1) is 0 Å². The molecule has 20 heavy (non-hydrogen) atoms. The van der Waals surface area contributed by atoms with Crippen molar-refractivity contribution < 1.29 is 87.4 Å². The fourth-order valence-electron chi connectivity index (χ4n) is 0.703. The third-order valence-corrected chi connectivity index (χ3v) is 1.28. The van der Waals surface area contributed by atoms with Crippen LogP contribution in [0.15, 0.2) is 0 Å². The van der Waals surface area contributed by atoms with Crippen LogP contribution >= 0.6 is 0 Å². The molecule has 0 saturated carbocycles. The van der Waals surface area contributed by atoms with E-state index in [9.17, 15) is 19.5 Å². The summed E-state index contributed by atoms with van der Waals surface area (Å²) in [6.45, 7) is 0. The van der Waals surface area contributed by atoms with Crippen LogP contribution in [0.25, 0.3) is 0 Å². The largest absolute Gasteiger partial charge is 1.00 e. The second-order valence-corrected chi connectivity index (χ2v) is 3.80. The van der Waals surface area contributed by atoms with Gasteiger partial charge in [0.1, 0.15) is 0 Å². The first kappa shape index (κ1) is 27.5. The number of carboxylic acid groups (broad SMARTS) is 3. The first-order valence-corrected chi connectivity index (χ1v) is 5.25. The molecule has 0 spiro atoms. The summed E-state index contributed by atoms with van der Waals surface area (Å²) in [7, 11) is -4.67. The molecule has 1 unspecified atom stereocenters. The first-order valence-electron chi connectivity index (χ1n) is 3.85. The number of aliphatic hydroxyl groups is 1. The van der Waals surface area contributed by atoms with Crippen molar-refractivity contribution in [2.45, 2.75) is 18.4 Å². The van der Waals surface area contributed by atoms with Crippen LogP contribution in [-0.2, 0) is 24.8 Å². The van der Waals surface area contributed by atoms with Gasteiger partial charge in [-0.1, -0.05) is 0 Å². The van der Waals surface area contributed by atoms with Crippen molar-refractivity contribution in [3.05, 3.63) is 0 Å². The fourth-order valence-corrected chi connectivity index (χ4v) is 0.703. The minimum absolute atomic E-state index is 0. The van der Waals surface area contributed by atoms with Gasteiger partial charge < -0.3 is 30.7 Å². The van der Waals surface area contributed by atoms with Gasteiger partial charge in [-0.2, -0.15) is 8.42 Å². The summed E-state index contributed by atoms with van der Waals surface area (Å²) in [5, 5.41) is 35.5. The summed E-state index contributed by atoms with van der Waals surface area (Å²) in [5.41, 5.74) is -2.80. The van der Waals surface area contributed by atoms with E-state index in [0.29, 0.717) is 0 Å². The van der Waals surface area contributed by atoms with E-state index < -0.39 is 46.7 Å². The molecule has 1 atom stereocenters. The Morgan fingerprint density at radius 3 is 1.50 bits per heavy atom. The third-order valence-electron chi connectivity index (χ3n) is 1.28. The maximum Gasteiger partial charge on any atom is 1.00 e. The molecule has 0 rings (SSSR count). The summed E-state index contributed by atoms with van der Waals surface area (Å²) >= 11 is 0. The molecule has 0 fully saturated rings. The van der Waals surface area contributed by atoms with Crippen molar-refractivity contribution in [3.63, 3.8) is 0 Å². The van der Waals surface area contributed by atoms with Gasteiger partial charge in [-0.3, -0.25) is 13.9 Å². The Balaban J connectivity index is -0.000000158. The van der Waals surface area contributed by atoms with Gasteiger partial charge in [-0.15, -0.1) is 0 Å². The molecule has 14 heteroatoms. The Labute approximate surface area is 134 Å². The molecule has 0 aromatic heterocycles. The Bertz CT molecular complexity index is 403. The van der Waals surface area contributed by atoms with Crippen molar-refractivity contribution in [2.24, 2.45) is 0 Å². The number of rotatable bonds is 5. The quantitative estimate of drug-likeness (QED) is 0.234. The van der Waals surface area contributed by atoms with Crippen molar-refractivity contribution in [1.82, 2.24) is 0 Å². The Morgan fingerprint density at radius 1 is 1.05 bits per heavy atom. The molecule has 0 saturated heterocycles. The van der Waals surface area contributed by atoms with Crippen LogP contribution < -0.4 is 34.7 Å². The number of carboxylic acids is 3. The smallest absolute Gasteiger partial charge is 0.550 e. The number of aliphatic carboxylic acids is 3. The fraction of sp³-hybridized carbons (Fsp3) is 0.500. The molecule has 0 bridgehead atoms. The molecule has 7 N–H and O–H groups in total. The molecule has 0 heterocycles. The second kappa shape index (κ2) is 10.9. The maximum atomic E-state index is 10.3. The van der Waals surface area contributed by atoms with Gasteiger partial charge >= 0.3 is 51.9 Å². The van der Waals surface area contributed by atoms with E-state index in [4.69, 9.17) is 32.8 Å². The van der Waals surface area contributed by atoms with Gasteiger partial charge in [0, 0.05) is 12.4 Å². The monoisotopic (exact) mass is 330 g/mol. The van der Waals surface area contributed by atoms with Crippen molar-refractivity contribution >= 4 is 28.3 Å². The predicted octanol–water partition coefficient (Wildman–Crippen LogP) is -7.06. The number of hydrogen-bond acceptors (Lipinski definition) is 7. The molecule has 12 nitrogen and oxygen atoms in total. The van der Waals surface area contributed by atoms with E-state index in [-0.39, 0.29) is 35.0 Å². The summed E-state index contributed by atoms with van der Waals surface area (Å²) in [6.07, 6.45) is -2.44. The summed E-state index contributed by atoms with van der Waals surface area (Å²) in [4.78, 5) is 30.3. The molecule has 114 valence electrons. The number of carbonyl (C=O) groups excluding carboxylic acids is 1. The zero-order valence-electron chi connectivity index (χ0n) is 10.0. The average Bonchev–Trinajstić information content (AvgIpc) is 1.95. The van der Waals surface area contributed by atoms with Gasteiger partial charge in [0.2, 0.25) is 0 Å². The van der Waals surface area contributed by atoms with E-state index in [2.05, 4.69) is 0 Å². The Kier molecular flexibility index (Phi) is 15.0. The third kappa shape index (κ3) is 19.5. The zero-order valence-corrected chi connectivity index (χ0v) is 12.8. The van der Waals surface area contributed by atoms with Gasteiger partial charge in [0.15, 0.2) is 5.60 Å². The molecule has 0 aromatic carbocycles. The molecule has 0 aromatic rings. The van der Waals surface area contributed by atoms with E-state index in [1.54, 1.807) is 0 Å². The summed E-state index contributed by atoms with van der Waals surface area (Å²) in [6, 6.07) is 0. The van der Waals surface area contributed by atoms with E-state index in [0.717, 1.165) is 0 Å².